The number of nitrogens with zero attached hydrogens (tertiary/aromatic N) is 1. The molecule has 0 bridgehead atoms. The summed E-state index contributed by atoms with van der Waals surface area (Å²) in [4.78, 5) is 23.9. The second-order valence-electron chi connectivity index (χ2n) is 5.98. The molecule has 3 aromatic carbocycles. The summed E-state index contributed by atoms with van der Waals surface area (Å²) in [5.74, 6) is -0.279. The van der Waals surface area contributed by atoms with Gasteiger partial charge in [0.25, 0.3) is 5.91 Å². The van der Waals surface area contributed by atoms with Gasteiger partial charge in [-0.15, -0.1) is 0 Å². The SMILES string of the molecule is O=C(CNc1ccccc1)N/N=C\c1ccc(OC(=O)c2cccc(Br)c2)cc1. The molecule has 3 rings (SSSR count). The lowest BCUT2D eigenvalue weighted by atomic mass is 10.2. The Labute approximate surface area is 176 Å². The zero-order valence-electron chi connectivity index (χ0n) is 15.3. The normalized spacial score (nSPS) is 10.5. The van der Waals surface area contributed by atoms with Crippen LogP contribution < -0.4 is 15.5 Å². The highest BCUT2D eigenvalue weighted by Gasteiger charge is 2.08. The second kappa shape index (κ2) is 10.2. The minimum atomic E-state index is -0.439. The van der Waals surface area contributed by atoms with Crippen molar-refractivity contribution in [1.82, 2.24) is 5.43 Å². The minimum Gasteiger partial charge on any atom is -0.423 e. The Hall–Kier alpha value is -3.45. The number of carbonyl (C=O) groups is 2. The predicted octanol–water partition coefficient (Wildman–Crippen LogP) is 4.23. The van der Waals surface area contributed by atoms with Crippen molar-refractivity contribution in [2.75, 3.05) is 11.9 Å². The summed E-state index contributed by atoms with van der Waals surface area (Å²) in [5.41, 5.74) is 4.52. The number of carbonyl (C=O) groups excluding carboxylic acids is 2. The smallest absolute Gasteiger partial charge is 0.343 e. The fourth-order valence-electron chi connectivity index (χ4n) is 2.36. The van der Waals surface area contributed by atoms with Gasteiger partial charge in [0.05, 0.1) is 18.3 Å². The Morgan fingerprint density at radius 2 is 1.72 bits per heavy atom. The minimum absolute atomic E-state index is 0.117. The van der Waals surface area contributed by atoms with Gasteiger partial charge in [-0.3, -0.25) is 4.79 Å². The van der Waals surface area contributed by atoms with Crippen LogP contribution in [0, 0.1) is 0 Å². The first-order chi connectivity index (χ1) is 14.1. The lowest BCUT2D eigenvalue weighted by Crippen LogP contribution is -2.25. The standard InChI is InChI=1S/C22H18BrN3O3/c23-18-6-4-5-17(13-18)22(28)29-20-11-9-16(10-12-20)14-25-26-21(27)15-24-19-7-2-1-3-8-19/h1-14,24H,15H2,(H,26,27)/b25-14-. The monoisotopic (exact) mass is 451 g/mol. The third-order valence-electron chi connectivity index (χ3n) is 3.78. The maximum Gasteiger partial charge on any atom is 0.343 e. The largest absolute Gasteiger partial charge is 0.423 e. The van der Waals surface area contributed by atoms with Gasteiger partial charge in [0.1, 0.15) is 5.75 Å². The van der Waals surface area contributed by atoms with Gasteiger partial charge in [-0.1, -0.05) is 40.2 Å². The van der Waals surface area contributed by atoms with Crippen LogP contribution in [-0.2, 0) is 4.79 Å². The third kappa shape index (κ3) is 6.58. The fourth-order valence-corrected chi connectivity index (χ4v) is 2.76. The molecule has 0 fully saturated rings. The van der Waals surface area contributed by atoms with Crippen LogP contribution >= 0.6 is 15.9 Å². The Balaban J connectivity index is 1.47. The summed E-state index contributed by atoms with van der Waals surface area (Å²) in [7, 11) is 0. The summed E-state index contributed by atoms with van der Waals surface area (Å²) < 4.78 is 6.15. The molecule has 0 unspecified atom stereocenters. The Morgan fingerprint density at radius 1 is 0.966 bits per heavy atom. The van der Waals surface area contributed by atoms with Gasteiger partial charge in [-0.2, -0.15) is 5.10 Å². The number of ether oxygens (including phenoxy) is 1. The molecule has 29 heavy (non-hydrogen) atoms. The molecule has 0 spiro atoms. The van der Waals surface area contributed by atoms with Crippen LogP contribution in [0.2, 0.25) is 0 Å². The second-order valence-corrected chi connectivity index (χ2v) is 6.90. The molecule has 3 aromatic rings. The molecule has 0 heterocycles. The summed E-state index contributed by atoms with van der Waals surface area (Å²) in [6.45, 7) is 0.117. The molecule has 6 nitrogen and oxygen atoms in total. The van der Waals surface area contributed by atoms with Crippen molar-refractivity contribution in [1.29, 1.82) is 0 Å². The molecule has 0 atom stereocenters. The van der Waals surface area contributed by atoms with Crippen molar-refractivity contribution in [2.24, 2.45) is 5.10 Å². The molecule has 0 aliphatic carbocycles. The molecular formula is C22H18BrN3O3. The van der Waals surface area contributed by atoms with Gasteiger partial charge in [0.15, 0.2) is 0 Å². The maximum atomic E-state index is 12.1. The van der Waals surface area contributed by atoms with Crippen LogP contribution in [-0.4, -0.2) is 24.6 Å². The molecule has 146 valence electrons. The number of benzene rings is 3. The molecule has 0 radical (unpaired) electrons. The van der Waals surface area contributed by atoms with Gasteiger partial charge in [-0.25, -0.2) is 10.2 Å². The van der Waals surface area contributed by atoms with E-state index in [1.54, 1.807) is 42.5 Å². The van der Waals surface area contributed by atoms with Crippen LogP contribution in [0.1, 0.15) is 15.9 Å². The number of para-hydroxylation sites is 1. The number of rotatable bonds is 7. The first kappa shape index (κ1) is 20.3. The van der Waals surface area contributed by atoms with Gasteiger partial charge >= 0.3 is 5.97 Å². The van der Waals surface area contributed by atoms with Crippen molar-refractivity contribution in [3.05, 3.63) is 94.5 Å². The number of halogens is 1. The molecule has 2 N–H and O–H groups in total. The average Bonchev–Trinajstić information content (AvgIpc) is 2.74. The van der Waals surface area contributed by atoms with E-state index in [9.17, 15) is 9.59 Å². The zero-order chi connectivity index (χ0) is 20.5. The summed E-state index contributed by atoms with van der Waals surface area (Å²) in [6.07, 6.45) is 1.51. The van der Waals surface area contributed by atoms with Crippen LogP contribution in [0.5, 0.6) is 5.75 Å². The van der Waals surface area contributed by atoms with Crippen LogP contribution in [0.4, 0.5) is 5.69 Å². The molecule has 0 aromatic heterocycles. The molecule has 0 saturated carbocycles. The highest BCUT2D eigenvalue weighted by molar-refractivity contribution is 9.10. The van der Waals surface area contributed by atoms with Crippen LogP contribution in [0.25, 0.3) is 0 Å². The zero-order valence-corrected chi connectivity index (χ0v) is 16.9. The quantitative estimate of drug-likeness (QED) is 0.243. The number of amides is 1. The predicted molar refractivity (Wildman–Crippen MR) is 116 cm³/mol. The molecule has 1 amide bonds. The van der Waals surface area contributed by atoms with E-state index in [0.717, 1.165) is 15.7 Å². The van der Waals surface area contributed by atoms with Crippen molar-refractivity contribution in [3.8, 4) is 5.75 Å². The molecule has 0 aliphatic rings. The lowest BCUT2D eigenvalue weighted by Gasteiger charge is -2.05. The van der Waals surface area contributed by atoms with E-state index in [-0.39, 0.29) is 12.5 Å². The van der Waals surface area contributed by atoms with E-state index in [2.05, 4.69) is 31.8 Å². The van der Waals surface area contributed by atoms with Crippen molar-refractivity contribution in [3.63, 3.8) is 0 Å². The number of anilines is 1. The number of hydrogen-bond acceptors (Lipinski definition) is 5. The molecule has 7 heteroatoms. The Bertz CT molecular complexity index is 1010. The van der Waals surface area contributed by atoms with Crippen molar-refractivity contribution >= 4 is 39.7 Å². The highest BCUT2D eigenvalue weighted by atomic mass is 79.9. The summed E-state index contributed by atoms with van der Waals surface area (Å²) in [6, 6.07) is 23.2. The number of nitrogens with one attached hydrogen (secondary N) is 2. The van der Waals surface area contributed by atoms with Crippen LogP contribution in [0.3, 0.4) is 0 Å². The topological polar surface area (TPSA) is 79.8 Å². The van der Waals surface area contributed by atoms with Gasteiger partial charge in [0.2, 0.25) is 0 Å². The van der Waals surface area contributed by atoms with Crippen LogP contribution in [0.15, 0.2) is 88.4 Å². The van der Waals surface area contributed by atoms with E-state index in [4.69, 9.17) is 4.74 Å². The summed E-state index contributed by atoms with van der Waals surface area (Å²) >= 11 is 3.32. The number of hydrazone groups is 1. The Kier molecular flexibility index (Phi) is 7.13. The van der Waals surface area contributed by atoms with Gasteiger partial charge in [-0.05, 0) is 60.2 Å². The van der Waals surface area contributed by atoms with E-state index < -0.39 is 5.97 Å². The van der Waals surface area contributed by atoms with E-state index in [0.29, 0.717) is 11.3 Å². The first-order valence-corrected chi connectivity index (χ1v) is 9.58. The van der Waals surface area contributed by atoms with Crippen molar-refractivity contribution in [2.45, 2.75) is 0 Å². The Morgan fingerprint density at radius 3 is 2.45 bits per heavy atom. The molecular weight excluding hydrogens is 434 g/mol. The highest BCUT2D eigenvalue weighted by Crippen LogP contribution is 2.16. The molecule has 0 aliphatic heterocycles. The maximum absolute atomic E-state index is 12.1. The number of hydrogen-bond donors (Lipinski definition) is 2. The van der Waals surface area contributed by atoms with E-state index >= 15 is 0 Å². The fraction of sp³-hybridized carbons (Fsp3) is 0.0455. The molecule has 0 saturated heterocycles. The van der Waals surface area contributed by atoms with Crippen molar-refractivity contribution < 1.29 is 14.3 Å². The average molecular weight is 452 g/mol. The van der Waals surface area contributed by atoms with Gasteiger partial charge < -0.3 is 10.1 Å². The van der Waals surface area contributed by atoms with Gasteiger partial charge in [0, 0.05) is 10.2 Å². The number of esters is 1. The third-order valence-corrected chi connectivity index (χ3v) is 4.27. The first-order valence-electron chi connectivity index (χ1n) is 8.79. The lowest BCUT2D eigenvalue weighted by molar-refractivity contribution is -0.119. The van der Waals surface area contributed by atoms with E-state index in [1.807, 2.05) is 36.4 Å². The summed E-state index contributed by atoms with van der Waals surface area (Å²) in [5, 5.41) is 6.92. The van der Waals surface area contributed by atoms with E-state index in [1.165, 1.54) is 6.21 Å².